The standard InChI is InChI=1S/C21H20N6O3/c1-22-21-23-11-13(20(29)27(2)3)18(26-21)24-15-9-6-7-12(17(15)28)19-25-14-8-4-5-10-16(14)30-19/h4-11,28H,1-3H3,(H2,22,23,24,26). The van der Waals surface area contributed by atoms with Crippen LogP contribution in [-0.4, -0.2) is 52.0 Å². The van der Waals surface area contributed by atoms with E-state index < -0.39 is 0 Å². The average Bonchev–Trinajstić information content (AvgIpc) is 3.18. The molecule has 0 saturated heterocycles. The maximum Gasteiger partial charge on any atom is 0.258 e. The van der Waals surface area contributed by atoms with Crippen LogP contribution in [0.4, 0.5) is 17.5 Å². The van der Waals surface area contributed by atoms with Crippen LogP contribution in [-0.2, 0) is 0 Å². The smallest absolute Gasteiger partial charge is 0.258 e. The molecule has 0 radical (unpaired) electrons. The minimum absolute atomic E-state index is 0.0723. The molecule has 0 aliphatic carbocycles. The topological polar surface area (TPSA) is 116 Å². The van der Waals surface area contributed by atoms with Crippen molar-refractivity contribution in [2.24, 2.45) is 0 Å². The number of aromatic nitrogens is 3. The fourth-order valence-electron chi connectivity index (χ4n) is 2.93. The van der Waals surface area contributed by atoms with Crippen molar-refractivity contribution < 1.29 is 14.3 Å². The minimum atomic E-state index is -0.269. The summed E-state index contributed by atoms with van der Waals surface area (Å²) in [6.07, 6.45) is 1.44. The van der Waals surface area contributed by atoms with E-state index in [1.807, 2.05) is 24.3 Å². The number of fused-ring (bicyclic) bond motifs is 1. The lowest BCUT2D eigenvalue weighted by atomic mass is 10.1. The molecule has 2 aromatic carbocycles. The van der Waals surface area contributed by atoms with E-state index in [0.29, 0.717) is 34.2 Å². The van der Waals surface area contributed by atoms with Gasteiger partial charge in [0.1, 0.15) is 16.9 Å². The first kappa shape index (κ1) is 19.2. The van der Waals surface area contributed by atoms with Crippen molar-refractivity contribution in [2.75, 3.05) is 31.8 Å². The Balaban J connectivity index is 1.76. The first-order chi connectivity index (χ1) is 14.5. The molecular weight excluding hydrogens is 384 g/mol. The van der Waals surface area contributed by atoms with Crippen molar-refractivity contribution in [3.63, 3.8) is 0 Å². The van der Waals surface area contributed by atoms with Gasteiger partial charge in [0.15, 0.2) is 11.3 Å². The van der Waals surface area contributed by atoms with E-state index in [1.54, 1.807) is 39.3 Å². The number of hydrogen-bond acceptors (Lipinski definition) is 8. The fraction of sp³-hybridized carbons (Fsp3) is 0.143. The second-order valence-corrected chi connectivity index (χ2v) is 6.72. The van der Waals surface area contributed by atoms with E-state index in [2.05, 4.69) is 25.6 Å². The third-order valence-electron chi connectivity index (χ3n) is 4.46. The van der Waals surface area contributed by atoms with Gasteiger partial charge in [0.25, 0.3) is 5.91 Å². The molecule has 2 aromatic heterocycles. The van der Waals surface area contributed by atoms with Gasteiger partial charge < -0.3 is 25.1 Å². The van der Waals surface area contributed by atoms with Gasteiger partial charge in [-0.15, -0.1) is 0 Å². The molecule has 3 N–H and O–H groups in total. The molecule has 4 aromatic rings. The zero-order valence-electron chi connectivity index (χ0n) is 16.7. The van der Waals surface area contributed by atoms with Gasteiger partial charge in [-0.05, 0) is 24.3 Å². The maximum atomic E-state index is 12.5. The van der Waals surface area contributed by atoms with E-state index in [1.165, 1.54) is 11.1 Å². The quantitative estimate of drug-likeness (QED) is 0.433. The largest absolute Gasteiger partial charge is 0.505 e. The van der Waals surface area contributed by atoms with Crippen molar-refractivity contribution in [1.29, 1.82) is 0 Å². The molecular formula is C21H20N6O3. The number of oxazole rings is 1. The second-order valence-electron chi connectivity index (χ2n) is 6.72. The summed E-state index contributed by atoms with van der Waals surface area (Å²) in [7, 11) is 4.96. The van der Waals surface area contributed by atoms with Crippen LogP contribution in [0.5, 0.6) is 5.75 Å². The number of nitrogens with zero attached hydrogens (tertiary/aromatic N) is 4. The number of benzene rings is 2. The molecule has 9 nitrogen and oxygen atoms in total. The lowest BCUT2D eigenvalue weighted by Gasteiger charge is -2.16. The summed E-state index contributed by atoms with van der Waals surface area (Å²) in [5, 5.41) is 16.8. The van der Waals surface area contributed by atoms with Gasteiger partial charge in [-0.3, -0.25) is 4.79 Å². The molecule has 4 rings (SSSR count). The molecule has 9 heteroatoms. The monoisotopic (exact) mass is 404 g/mol. The Kier molecular flexibility index (Phi) is 4.93. The molecule has 0 spiro atoms. The first-order valence-electron chi connectivity index (χ1n) is 9.19. The molecule has 0 fully saturated rings. The number of carbonyl (C=O) groups is 1. The SMILES string of the molecule is CNc1ncc(C(=O)N(C)C)c(Nc2cccc(-c3nc4ccccc4o3)c2O)n1. The Labute approximate surface area is 172 Å². The number of amides is 1. The lowest BCUT2D eigenvalue weighted by molar-refractivity contribution is 0.0828. The number of phenolic OH excluding ortho intramolecular Hbond substituents is 1. The third kappa shape index (κ3) is 3.48. The van der Waals surface area contributed by atoms with Crippen LogP contribution in [0.2, 0.25) is 0 Å². The molecule has 1 amide bonds. The lowest BCUT2D eigenvalue weighted by Crippen LogP contribution is -2.23. The van der Waals surface area contributed by atoms with Crippen molar-refractivity contribution in [3.05, 3.63) is 54.2 Å². The molecule has 2 heterocycles. The van der Waals surface area contributed by atoms with Gasteiger partial charge in [-0.25, -0.2) is 9.97 Å². The van der Waals surface area contributed by atoms with Gasteiger partial charge >= 0.3 is 0 Å². The zero-order valence-corrected chi connectivity index (χ0v) is 16.7. The van der Waals surface area contributed by atoms with E-state index >= 15 is 0 Å². The van der Waals surface area contributed by atoms with Crippen LogP contribution in [0.1, 0.15) is 10.4 Å². The highest BCUT2D eigenvalue weighted by atomic mass is 16.3. The molecule has 0 saturated carbocycles. The molecule has 152 valence electrons. The Morgan fingerprint density at radius 2 is 1.90 bits per heavy atom. The van der Waals surface area contributed by atoms with Gasteiger partial charge in [-0.1, -0.05) is 18.2 Å². The fourth-order valence-corrected chi connectivity index (χ4v) is 2.93. The van der Waals surface area contributed by atoms with Crippen molar-refractivity contribution in [3.8, 4) is 17.2 Å². The summed E-state index contributed by atoms with van der Waals surface area (Å²) in [4.78, 5) is 26.8. The summed E-state index contributed by atoms with van der Waals surface area (Å²) in [6, 6.07) is 12.5. The van der Waals surface area contributed by atoms with E-state index in [-0.39, 0.29) is 23.0 Å². The summed E-state index contributed by atoms with van der Waals surface area (Å²) in [5.41, 5.74) is 2.35. The van der Waals surface area contributed by atoms with E-state index in [0.717, 1.165) is 0 Å². The number of anilines is 3. The van der Waals surface area contributed by atoms with E-state index in [9.17, 15) is 9.90 Å². The molecule has 0 aliphatic rings. The predicted octanol–water partition coefficient (Wildman–Crippen LogP) is 3.48. The third-order valence-corrected chi connectivity index (χ3v) is 4.46. The number of rotatable bonds is 5. The van der Waals surface area contributed by atoms with Gasteiger partial charge in [0, 0.05) is 27.3 Å². The summed E-state index contributed by atoms with van der Waals surface area (Å²) in [5.74, 6) is 0.549. The minimum Gasteiger partial charge on any atom is -0.505 e. The van der Waals surface area contributed by atoms with Crippen LogP contribution in [0.15, 0.2) is 53.1 Å². The van der Waals surface area contributed by atoms with Crippen LogP contribution < -0.4 is 10.6 Å². The van der Waals surface area contributed by atoms with Crippen molar-refractivity contribution >= 4 is 34.5 Å². The average molecular weight is 404 g/mol. The second kappa shape index (κ2) is 7.70. The summed E-state index contributed by atoms with van der Waals surface area (Å²) >= 11 is 0. The van der Waals surface area contributed by atoms with Crippen LogP contribution in [0.3, 0.4) is 0 Å². The van der Waals surface area contributed by atoms with Gasteiger partial charge in [0.05, 0.1) is 11.3 Å². The van der Waals surface area contributed by atoms with Gasteiger partial charge in [-0.2, -0.15) is 4.98 Å². The Hall–Kier alpha value is -4.14. The van der Waals surface area contributed by atoms with Crippen LogP contribution in [0.25, 0.3) is 22.6 Å². The Morgan fingerprint density at radius 1 is 1.10 bits per heavy atom. The number of phenols is 1. The molecule has 0 unspecified atom stereocenters. The Bertz CT molecular complexity index is 1200. The predicted molar refractivity (Wildman–Crippen MR) is 114 cm³/mol. The number of aromatic hydroxyl groups is 1. The van der Waals surface area contributed by atoms with Crippen molar-refractivity contribution in [1.82, 2.24) is 19.9 Å². The number of nitrogens with one attached hydrogen (secondary N) is 2. The number of carbonyl (C=O) groups excluding carboxylic acids is 1. The van der Waals surface area contributed by atoms with Crippen molar-refractivity contribution in [2.45, 2.75) is 0 Å². The highest BCUT2D eigenvalue weighted by Gasteiger charge is 2.20. The van der Waals surface area contributed by atoms with Crippen LogP contribution in [0, 0.1) is 0 Å². The Morgan fingerprint density at radius 3 is 2.63 bits per heavy atom. The molecule has 0 bridgehead atoms. The maximum absolute atomic E-state index is 12.5. The first-order valence-corrected chi connectivity index (χ1v) is 9.19. The molecule has 30 heavy (non-hydrogen) atoms. The van der Waals surface area contributed by atoms with Crippen LogP contribution >= 0.6 is 0 Å². The zero-order chi connectivity index (χ0) is 21.3. The summed E-state index contributed by atoms with van der Waals surface area (Å²) in [6.45, 7) is 0. The molecule has 0 atom stereocenters. The number of hydrogen-bond donors (Lipinski definition) is 3. The van der Waals surface area contributed by atoms with Gasteiger partial charge in [0.2, 0.25) is 11.8 Å². The van der Waals surface area contributed by atoms with E-state index in [4.69, 9.17) is 4.42 Å². The number of para-hydroxylation sites is 3. The normalized spacial score (nSPS) is 10.8. The summed E-state index contributed by atoms with van der Waals surface area (Å²) < 4.78 is 5.77. The highest BCUT2D eigenvalue weighted by molar-refractivity contribution is 5.99. The highest BCUT2D eigenvalue weighted by Crippen LogP contribution is 2.37. The molecule has 0 aliphatic heterocycles.